The molecule has 0 aliphatic carbocycles. The molecule has 2 N–H and O–H groups in total. The predicted octanol–water partition coefficient (Wildman–Crippen LogP) is 2.59. The summed E-state index contributed by atoms with van der Waals surface area (Å²) < 4.78 is 0. The third-order valence-corrected chi connectivity index (χ3v) is 5.73. The van der Waals surface area contributed by atoms with E-state index in [4.69, 9.17) is 0 Å². The van der Waals surface area contributed by atoms with Gasteiger partial charge in [-0.3, -0.25) is 0 Å². The lowest BCUT2D eigenvalue weighted by Gasteiger charge is -2.22. The molecule has 0 aromatic carbocycles. The van der Waals surface area contributed by atoms with E-state index in [-0.39, 0.29) is 0 Å². The monoisotopic (exact) mass is 285 g/mol. The van der Waals surface area contributed by atoms with Gasteiger partial charge >= 0.3 is 0 Å². The number of rotatable bonds is 6. The van der Waals surface area contributed by atoms with Gasteiger partial charge < -0.3 is 10.6 Å². The van der Waals surface area contributed by atoms with Crippen LogP contribution in [0.5, 0.6) is 0 Å². The molecule has 1 unspecified atom stereocenters. The Labute approximate surface area is 118 Å². The number of thioether (sulfide) groups is 1. The Morgan fingerprint density at radius 1 is 1.56 bits per heavy atom. The van der Waals surface area contributed by atoms with Gasteiger partial charge in [-0.05, 0) is 39.8 Å². The average Bonchev–Trinajstić information content (AvgIpc) is 2.82. The molecule has 1 atom stereocenters. The number of aromatic nitrogens is 1. The molecular weight excluding hydrogens is 262 g/mol. The van der Waals surface area contributed by atoms with Gasteiger partial charge in [0.1, 0.15) is 5.01 Å². The van der Waals surface area contributed by atoms with Gasteiger partial charge in [-0.25, -0.2) is 4.98 Å². The fraction of sp³-hybridized carbons (Fsp3) is 0.769. The van der Waals surface area contributed by atoms with E-state index in [1.165, 1.54) is 36.7 Å². The summed E-state index contributed by atoms with van der Waals surface area (Å²) in [5.74, 6) is 1.21. The van der Waals surface area contributed by atoms with Gasteiger partial charge in [0.15, 0.2) is 0 Å². The van der Waals surface area contributed by atoms with E-state index in [0.717, 1.165) is 17.5 Å². The van der Waals surface area contributed by atoms with Gasteiger partial charge in [-0.2, -0.15) is 11.8 Å². The second kappa shape index (κ2) is 7.48. The molecule has 1 saturated heterocycles. The van der Waals surface area contributed by atoms with Crippen LogP contribution >= 0.6 is 23.1 Å². The number of nitrogens with zero attached hydrogens (tertiary/aromatic N) is 1. The van der Waals surface area contributed by atoms with Crippen LogP contribution in [-0.4, -0.2) is 35.6 Å². The maximum Gasteiger partial charge on any atom is 0.110 e. The molecule has 1 fully saturated rings. The first kappa shape index (κ1) is 14.3. The van der Waals surface area contributed by atoms with Crippen molar-refractivity contribution in [2.24, 2.45) is 0 Å². The van der Waals surface area contributed by atoms with Crippen LogP contribution in [0.1, 0.15) is 36.5 Å². The third-order valence-electron chi connectivity index (χ3n) is 3.20. The van der Waals surface area contributed by atoms with Gasteiger partial charge in [-0.1, -0.05) is 0 Å². The maximum absolute atomic E-state index is 4.52. The highest BCUT2D eigenvalue weighted by Gasteiger charge is 2.13. The largest absolute Gasteiger partial charge is 0.317 e. The number of piperidine rings is 1. The van der Waals surface area contributed by atoms with Crippen LogP contribution in [0.4, 0.5) is 0 Å². The Kier molecular flexibility index (Phi) is 5.95. The van der Waals surface area contributed by atoms with Crippen molar-refractivity contribution in [1.82, 2.24) is 15.6 Å². The standard InChI is InChI=1S/C13H23N3S2/c1-10-9-18-13(16-10)11(2)15-7-8-17-12-3-5-14-6-4-12/h9,11-12,14-15H,3-8H2,1-2H3. The summed E-state index contributed by atoms with van der Waals surface area (Å²) in [5.41, 5.74) is 1.13. The average molecular weight is 285 g/mol. The Morgan fingerprint density at radius 2 is 2.33 bits per heavy atom. The molecule has 1 aromatic rings. The van der Waals surface area contributed by atoms with E-state index in [1.807, 2.05) is 0 Å². The van der Waals surface area contributed by atoms with E-state index >= 15 is 0 Å². The zero-order valence-electron chi connectivity index (χ0n) is 11.2. The lowest BCUT2D eigenvalue weighted by Crippen LogP contribution is -2.30. The molecule has 1 aromatic heterocycles. The van der Waals surface area contributed by atoms with Crippen LogP contribution in [0.2, 0.25) is 0 Å². The second-order valence-electron chi connectivity index (χ2n) is 4.82. The van der Waals surface area contributed by atoms with Crippen LogP contribution in [-0.2, 0) is 0 Å². The third kappa shape index (κ3) is 4.53. The van der Waals surface area contributed by atoms with Crippen molar-refractivity contribution >= 4 is 23.1 Å². The van der Waals surface area contributed by atoms with Crippen molar-refractivity contribution in [3.8, 4) is 0 Å². The van der Waals surface area contributed by atoms with Crippen LogP contribution < -0.4 is 10.6 Å². The van der Waals surface area contributed by atoms with E-state index < -0.39 is 0 Å². The van der Waals surface area contributed by atoms with Gasteiger partial charge in [0.25, 0.3) is 0 Å². The zero-order chi connectivity index (χ0) is 12.8. The lowest BCUT2D eigenvalue weighted by molar-refractivity contribution is 0.530. The molecule has 0 spiro atoms. The van der Waals surface area contributed by atoms with Gasteiger partial charge in [0.05, 0.1) is 6.04 Å². The summed E-state index contributed by atoms with van der Waals surface area (Å²) in [6.07, 6.45) is 2.65. The summed E-state index contributed by atoms with van der Waals surface area (Å²) in [5, 5.41) is 11.2. The van der Waals surface area contributed by atoms with Crippen molar-refractivity contribution in [3.05, 3.63) is 16.1 Å². The summed E-state index contributed by atoms with van der Waals surface area (Å²) in [6, 6.07) is 0.386. The topological polar surface area (TPSA) is 37.0 Å². The number of aryl methyl sites for hydroxylation is 1. The van der Waals surface area contributed by atoms with Crippen LogP contribution in [0.25, 0.3) is 0 Å². The quantitative estimate of drug-likeness (QED) is 0.788. The summed E-state index contributed by atoms with van der Waals surface area (Å²) in [6.45, 7) is 7.72. The van der Waals surface area contributed by atoms with Gasteiger partial charge in [0.2, 0.25) is 0 Å². The van der Waals surface area contributed by atoms with Crippen molar-refractivity contribution in [3.63, 3.8) is 0 Å². The normalized spacial score (nSPS) is 19.0. The van der Waals surface area contributed by atoms with Crippen LogP contribution in [0.15, 0.2) is 5.38 Å². The van der Waals surface area contributed by atoms with Crippen molar-refractivity contribution in [2.75, 3.05) is 25.4 Å². The molecule has 3 nitrogen and oxygen atoms in total. The smallest absolute Gasteiger partial charge is 0.110 e. The van der Waals surface area contributed by atoms with Gasteiger partial charge in [0, 0.05) is 28.6 Å². The summed E-state index contributed by atoms with van der Waals surface area (Å²) >= 11 is 3.88. The Balaban J connectivity index is 1.60. The molecule has 5 heteroatoms. The number of nitrogens with one attached hydrogen (secondary N) is 2. The van der Waals surface area contributed by atoms with Crippen LogP contribution in [0.3, 0.4) is 0 Å². The Bertz CT molecular complexity index is 348. The SMILES string of the molecule is Cc1csc(C(C)NCCSC2CCNCC2)n1. The fourth-order valence-corrected chi connectivity index (χ4v) is 4.09. The summed E-state index contributed by atoms with van der Waals surface area (Å²) in [4.78, 5) is 4.52. The fourth-order valence-electron chi connectivity index (χ4n) is 2.12. The number of hydrogen-bond acceptors (Lipinski definition) is 5. The molecule has 18 heavy (non-hydrogen) atoms. The lowest BCUT2D eigenvalue weighted by atomic mass is 10.2. The molecule has 0 saturated carbocycles. The first-order valence-corrected chi connectivity index (χ1v) is 8.66. The van der Waals surface area contributed by atoms with E-state index in [1.54, 1.807) is 11.3 Å². The van der Waals surface area contributed by atoms with Crippen molar-refractivity contribution < 1.29 is 0 Å². The van der Waals surface area contributed by atoms with E-state index in [9.17, 15) is 0 Å². The molecule has 2 rings (SSSR count). The van der Waals surface area contributed by atoms with Crippen LogP contribution in [0, 0.1) is 6.92 Å². The highest BCUT2D eigenvalue weighted by molar-refractivity contribution is 7.99. The number of hydrogen-bond donors (Lipinski definition) is 2. The van der Waals surface area contributed by atoms with E-state index in [0.29, 0.717) is 6.04 Å². The first-order valence-electron chi connectivity index (χ1n) is 6.73. The molecular formula is C13H23N3S2. The van der Waals surface area contributed by atoms with Gasteiger partial charge in [-0.15, -0.1) is 11.3 Å². The summed E-state index contributed by atoms with van der Waals surface area (Å²) in [7, 11) is 0. The minimum Gasteiger partial charge on any atom is -0.317 e. The Morgan fingerprint density at radius 3 is 3.00 bits per heavy atom. The molecule has 2 heterocycles. The zero-order valence-corrected chi connectivity index (χ0v) is 12.9. The highest BCUT2D eigenvalue weighted by atomic mass is 32.2. The number of thiazole rings is 1. The second-order valence-corrected chi connectivity index (χ2v) is 7.12. The van der Waals surface area contributed by atoms with Crippen molar-refractivity contribution in [1.29, 1.82) is 0 Å². The highest BCUT2D eigenvalue weighted by Crippen LogP contribution is 2.20. The first-order chi connectivity index (χ1) is 8.75. The minimum absolute atomic E-state index is 0.386. The molecule has 1 aliphatic rings. The molecule has 0 radical (unpaired) electrons. The van der Waals surface area contributed by atoms with E-state index in [2.05, 4.69) is 46.6 Å². The minimum atomic E-state index is 0.386. The molecule has 0 bridgehead atoms. The Hall–Kier alpha value is -0.100. The molecule has 1 aliphatic heterocycles. The maximum atomic E-state index is 4.52. The molecule has 102 valence electrons. The predicted molar refractivity (Wildman–Crippen MR) is 81.6 cm³/mol. The molecule has 0 amide bonds. The van der Waals surface area contributed by atoms with Crippen molar-refractivity contribution in [2.45, 2.75) is 38.0 Å².